The number of nitrogens with zero attached hydrogens (tertiary/aromatic N) is 2. The molecule has 1 saturated heterocycles. The van der Waals surface area contributed by atoms with Crippen LogP contribution < -0.4 is 0 Å². The molecule has 0 radical (unpaired) electrons. The molecule has 1 aliphatic rings. The highest BCUT2D eigenvalue weighted by Gasteiger charge is 2.24. The zero-order valence-electron chi connectivity index (χ0n) is 12.5. The number of hydrogen-bond donors (Lipinski definition) is 1. The first-order valence-electron chi connectivity index (χ1n) is 7.21. The van der Waals surface area contributed by atoms with Gasteiger partial charge in [-0.1, -0.05) is 20.8 Å². The van der Waals surface area contributed by atoms with Gasteiger partial charge in [-0.3, -0.25) is 4.90 Å². The minimum atomic E-state index is -0.158. The van der Waals surface area contributed by atoms with Crippen LogP contribution in [0.4, 0.5) is 0 Å². The van der Waals surface area contributed by atoms with Crippen molar-refractivity contribution in [1.82, 2.24) is 9.88 Å². The topological polar surface area (TPSA) is 36.4 Å². The van der Waals surface area contributed by atoms with Crippen molar-refractivity contribution in [3.63, 3.8) is 0 Å². The predicted molar refractivity (Wildman–Crippen MR) is 80.5 cm³/mol. The summed E-state index contributed by atoms with van der Waals surface area (Å²) in [5.41, 5.74) is 1.35. The van der Waals surface area contributed by atoms with Gasteiger partial charge < -0.3 is 5.11 Å². The molecule has 0 saturated carbocycles. The normalized spacial score (nSPS) is 20.7. The van der Waals surface area contributed by atoms with Crippen LogP contribution >= 0.6 is 11.3 Å². The summed E-state index contributed by atoms with van der Waals surface area (Å²) in [5, 5.41) is 13.0. The van der Waals surface area contributed by atoms with Crippen LogP contribution in [0.3, 0.4) is 0 Å². The maximum atomic E-state index is 9.62. The van der Waals surface area contributed by atoms with E-state index in [2.05, 4.69) is 31.1 Å². The van der Waals surface area contributed by atoms with Crippen molar-refractivity contribution < 1.29 is 5.11 Å². The Morgan fingerprint density at radius 2 is 2.05 bits per heavy atom. The fraction of sp³-hybridized carbons (Fsp3) is 0.800. The van der Waals surface area contributed by atoms with Crippen molar-refractivity contribution >= 4 is 11.3 Å². The molecule has 1 fully saturated rings. The summed E-state index contributed by atoms with van der Waals surface area (Å²) in [7, 11) is 0. The van der Waals surface area contributed by atoms with E-state index in [9.17, 15) is 5.11 Å². The molecule has 0 spiro atoms. The molecule has 0 aliphatic carbocycles. The maximum absolute atomic E-state index is 9.62. The van der Waals surface area contributed by atoms with Gasteiger partial charge in [0, 0.05) is 17.3 Å². The lowest BCUT2D eigenvalue weighted by molar-refractivity contribution is 0.0692. The summed E-state index contributed by atoms with van der Waals surface area (Å²) in [4.78, 5) is 7.22. The first-order valence-corrected chi connectivity index (χ1v) is 8.09. The maximum Gasteiger partial charge on any atom is 0.0982 e. The Bertz CT molecular complexity index is 401. The third-order valence-corrected chi connectivity index (χ3v) is 5.21. The lowest BCUT2D eigenvalue weighted by Crippen LogP contribution is -2.36. The van der Waals surface area contributed by atoms with Crippen LogP contribution in [0, 0.1) is 5.92 Å². The SMILES string of the molecule is CC(O)C1CCN(Cc2csc(C(C)(C)C)n2)CC1. The van der Waals surface area contributed by atoms with Gasteiger partial charge in [0.15, 0.2) is 0 Å². The standard InChI is InChI=1S/C15H26N2OS/c1-11(18)12-5-7-17(8-6-12)9-13-10-19-14(16-13)15(2,3)4/h10-12,18H,5-9H2,1-4H3. The molecule has 108 valence electrons. The molecule has 1 aromatic heterocycles. The quantitative estimate of drug-likeness (QED) is 0.926. The molecule has 0 aromatic carbocycles. The summed E-state index contributed by atoms with van der Waals surface area (Å²) in [6.07, 6.45) is 2.05. The van der Waals surface area contributed by atoms with Gasteiger partial charge in [-0.15, -0.1) is 11.3 Å². The van der Waals surface area contributed by atoms with Gasteiger partial charge in [0.1, 0.15) is 0 Å². The van der Waals surface area contributed by atoms with Crippen LogP contribution in [0.15, 0.2) is 5.38 Å². The summed E-state index contributed by atoms with van der Waals surface area (Å²) in [6, 6.07) is 0. The number of piperidine rings is 1. The Labute approximate surface area is 120 Å². The summed E-state index contributed by atoms with van der Waals surface area (Å²) < 4.78 is 0. The second-order valence-electron chi connectivity index (χ2n) is 6.75. The third-order valence-electron chi connectivity index (χ3n) is 3.89. The molecule has 0 bridgehead atoms. The van der Waals surface area contributed by atoms with Gasteiger partial charge in [-0.25, -0.2) is 4.98 Å². The number of aliphatic hydroxyl groups is 1. The van der Waals surface area contributed by atoms with Crippen molar-refractivity contribution in [3.8, 4) is 0 Å². The highest BCUT2D eigenvalue weighted by atomic mass is 32.1. The van der Waals surface area contributed by atoms with Crippen LogP contribution in [-0.2, 0) is 12.0 Å². The molecule has 0 amide bonds. The highest BCUT2D eigenvalue weighted by Crippen LogP contribution is 2.27. The van der Waals surface area contributed by atoms with Crippen molar-refractivity contribution in [3.05, 3.63) is 16.1 Å². The Balaban J connectivity index is 1.87. The molecule has 4 heteroatoms. The molecule has 1 atom stereocenters. The first-order chi connectivity index (χ1) is 8.86. The van der Waals surface area contributed by atoms with Crippen LogP contribution in [-0.4, -0.2) is 34.2 Å². The molecule has 1 unspecified atom stereocenters. The Morgan fingerprint density at radius 1 is 1.42 bits per heavy atom. The molecule has 1 aromatic rings. The average molecular weight is 282 g/mol. The van der Waals surface area contributed by atoms with E-state index in [-0.39, 0.29) is 11.5 Å². The summed E-state index contributed by atoms with van der Waals surface area (Å²) in [5.74, 6) is 0.483. The fourth-order valence-corrected chi connectivity index (χ4v) is 3.45. The smallest absolute Gasteiger partial charge is 0.0982 e. The van der Waals surface area contributed by atoms with Crippen molar-refractivity contribution in [2.75, 3.05) is 13.1 Å². The van der Waals surface area contributed by atoms with E-state index in [0.717, 1.165) is 32.5 Å². The number of rotatable bonds is 3. The van der Waals surface area contributed by atoms with Crippen molar-refractivity contribution in [2.45, 2.75) is 58.6 Å². The number of thiazole rings is 1. The molecule has 3 nitrogen and oxygen atoms in total. The lowest BCUT2D eigenvalue weighted by Gasteiger charge is -2.32. The van der Waals surface area contributed by atoms with Gasteiger partial charge >= 0.3 is 0 Å². The van der Waals surface area contributed by atoms with E-state index in [4.69, 9.17) is 4.98 Å². The number of likely N-dealkylation sites (tertiary alicyclic amines) is 1. The zero-order chi connectivity index (χ0) is 14.0. The second kappa shape index (κ2) is 5.90. The third kappa shape index (κ3) is 4.01. The van der Waals surface area contributed by atoms with Crippen LogP contribution in [0.2, 0.25) is 0 Å². The van der Waals surface area contributed by atoms with E-state index >= 15 is 0 Å². The van der Waals surface area contributed by atoms with Crippen LogP contribution in [0.5, 0.6) is 0 Å². The first kappa shape index (κ1) is 14.9. The van der Waals surface area contributed by atoms with Crippen LogP contribution in [0.1, 0.15) is 51.2 Å². The molecule has 2 rings (SSSR count). The number of hydrogen-bond acceptors (Lipinski definition) is 4. The van der Waals surface area contributed by atoms with E-state index in [1.165, 1.54) is 10.7 Å². The fourth-order valence-electron chi connectivity index (χ4n) is 2.55. The van der Waals surface area contributed by atoms with Gasteiger partial charge in [-0.2, -0.15) is 0 Å². The van der Waals surface area contributed by atoms with Crippen molar-refractivity contribution in [2.24, 2.45) is 5.92 Å². The molecule has 1 aliphatic heterocycles. The van der Waals surface area contributed by atoms with E-state index in [1.807, 2.05) is 6.92 Å². The Kier molecular flexibility index (Phi) is 4.64. The molecule has 1 N–H and O–H groups in total. The Morgan fingerprint density at radius 3 is 2.53 bits per heavy atom. The number of aliphatic hydroxyl groups excluding tert-OH is 1. The van der Waals surface area contributed by atoms with E-state index in [1.54, 1.807) is 11.3 Å². The number of aromatic nitrogens is 1. The van der Waals surface area contributed by atoms with Gasteiger partial charge in [0.2, 0.25) is 0 Å². The summed E-state index contributed by atoms with van der Waals surface area (Å²) in [6.45, 7) is 11.7. The van der Waals surface area contributed by atoms with E-state index in [0.29, 0.717) is 5.92 Å². The largest absolute Gasteiger partial charge is 0.393 e. The van der Waals surface area contributed by atoms with E-state index < -0.39 is 0 Å². The minimum absolute atomic E-state index is 0.155. The molecule has 19 heavy (non-hydrogen) atoms. The second-order valence-corrected chi connectivity index (χ2v) is 7.61. The molecular formula is C15H26N2OS. The monoisotopic (exact) mass is 282 g/mol. The predicted octanol–water partition coefficient (Wildman–Crippen LogP) is 3.03. The molecule has 2 heterocycles. The van der Waals surface area contributed by atoms with Gasteiger partial charge in [0.05, 0.1) is 16.8 Å². The Hall–Kier alpha value is -0.450. The average Bonchev–Trinajstić information content (AvgIpc) is 2.78. The molecular weight excluding hydrogens is 256 g/mol. The highest BCUT2D eigenvalue weighted by molar-refractivity contribution is 7.09. The van der Waals surface area contributed by atoms with Crippen LogP contribution in [0.25, 0.3) is 0 Å². The zero-order valence-corrected chi connectivity index (χ0v) is 13.3. The van der Waals surface area contributed by atoms with Gasteiger partial charge in [-0.05, 0) is 38.8 Å². The summed E-state index contributed by atoms with van der Waals surface area (Å²) >= 11 is 1.77. The lowest BCUT2D eigenvalue weighted by atomic mass is 9.92. The van der Waals surface area contributed by atoms with Crippen molar-refractivity contribution in [1.29, 1.82) is 0 Å². The van der Waals surface area contributed by atoms with Gasteiger partial charge in [0.25, 0.3) is 0 Å². The minimum Gasteiger partial charge on any atom is -0.393 e.